The molecule has 0 bridgehead atoms. The molecule has 1 unspecified atom stereocenters. The van der Waals surface area contributed by atoms with Crippen molar-refractivity contribution >= 4 is 17.7 Å². The lowest BCUT2D eigenvalue weighted by atomic mass is 10.2. The number of hydrogen-bond acceptors (Lipinski definition) is 5. The van der Waals surface area contributed by atoms with Crippen molar-refractivity contribution < 1.29 is 19.4 Å². The summed E-state index contributed by atoms with van der Waals surface area (Å²) in [5, 5.41) is 12.0. The van der Waals surface area contributed by atoms with E-state index in [2.05, 4.69) is 5.32 Å². The molecule has 1 aromatic carbocycles. The summed E-state index contributed by atoms with van der Waals surface area (Å²) < 4.78 is 10.5. The third kappa shape index (κ3) is 1.94. The van der Waals surface area contributed by atoms with E-state index in [-0.39, 0.29) is 12.2 Å². The van der Waals surface area contributed by atoms with E-state index < -0.39 is 12.0 Å². The molecule has 0 spiro atoms. The van der Waals surface area contributed by atoms with Crippen LogP contribution in [0.25, 0.3) is 0 Å². The van der Waals surface area contributed by atoms with Gasteiger partial charge >= 0.3 is 5.97 Å². The topological polar surface area (TPSA) is 67.8 Å². The Kier molecular flexibility index (Phi) is 2.60. The number of thioether (sulfide) groups is 1. The first-order valence-corrected chi connectivity index (χ1v) is 6.29. The summed E-state index contributed by atoms with van der Waals surface area (Å²) in [6.45, 7) is 0.252. The van der Waals surface area contributed by atoms with Crippen LogP contribution in [0.15, 0.2) is 18.2 Å². The van der Waals surface area contributed by atoms with Crippen molar-refractivity contribution in [3.05, 3.63) is 23.8 Å². The maximum atomic E-state index is 10.8. The van der Waals surface area contributed by atoms with Crippen LogP contribution in [0, 0.1) is 0 Å². The number of carbonyl (C=O) groups is 1. The van der Waals surface area contributed by atoms with Crippen LogP contribution in [-0.2, 0) is 4.79 Å². The smallest absolute Gasteiger partial charge is 0.321 e. The third-order valence-electron chi connectivity index (χ3n) is 2.78. The van der Waals surface area contributed by atoms with Gasteiger partial charge in [-0.25, -0.2) is 0 Å². The molecular formula is C11H11NO4S. The van der Waals surface area contributed by atoms with E-state index in [0.29, 0.717) is 5.75 Å². The molecule has 0 aliphatic carbocycles. The molecule has 2 atom stereocenters. The van der Waals surface area contributed by atoms with E-state index in [1.807, 2.05) is 18.2 Å². The van der Waals surface area contributed by atoms with E-state index in [9.17, 15) is 4.79 Å². The van der Waals surface area contributed by atoms with E-state index in [1.165, 1.54) is 0 Å². The molecule has 0 aromatic heterocycles. The molecular weight excluding hydrogens is 242 g/mol. The van der Waals surface area contributed by atoms with Gasteiger partial charge in [0.2, 0.25) is 6.79 Å². The number of rotatable bonds is 2. The lowest BCUT2D eigenvalue weighted by Crippen LogP contribution is -2.33. The molecule has 1 aromatic rings. The molecule has 0 saturated carbocycles. The van der Waals surface area contributed by atoms with Crippen LogP contribution in [0.5, 0.6) is 11.5 Å². The van der Waals surface area contributed by atoms with Crippen LogP contribution < -0.4 is 14.8 Å². The fraction of sp³-hybridized carbons (Fsp3) is 0.364. The highest BCUT2D eigenvalue weighted by Crippen LogP contribution is 2.39. The van der Waals surface area contributed by atoms with Crippen molar-refractivity contribution in [3.8, 4) is 11.5 Å². The summed E-state index contributed by atoms with van der Waals surface area (Å²) in [6, 6.07) is 5.21. The molecule has 2 N–H and O–H groups in total. The van der Waals surface area contributed by atoms with Crippen molar-refractivity contribution in [2.75, 3.05) is 12.5 Å². The molecule has 90 valence electrons. The van der Waals surface area contributed by atoms with Crippen LogP contribution in [0.2, 0.25) is 0 Å². The predicted octanol–water partition coefficient (Wildman–Crippen LogP) is 1.20. The van der Waals surface area contributed by atoms with Gasteiger partial charge in [0.05, 0.1) is 5.37 Å². The normalized spacial score (nSPS) is 26.1. The zero-order valence-corrected chi connectivity index (χ0v) is 9.70. The first kappa shape index (κ1) is 10.7. The lowest BCUT2D eigenvalue weighted by molar-refractivity contribution is -0.138. The summed E-state index contributed by atoms with van der Waals surface area (Å²) in [4.78, 5) is 10.8. The number of aliphatic carboxylic acids is 1. The van der Waals surface area contributed by atoms with Crippen LogP contribution in [0.3, 0.4) is 0 Å². The van der Waals surface area contributed by atoms with E-state index >= 15 is 0 Å². The molecule has 2 aliphatic rings. The summed E-state index contributed by atoms with van der Waals surface area (Å²) in [5.41, 5.74) is 1.02. The standard InChI is InChI=1S/C11H11NO4S/c13-11(14)7-4-17-10(12-7)6-1-2-8-9(3-6)16-5-15-8/h1-3,7,10,12H,4-5H2,(H,13,14)/t7-,10?/m0/s1. The molecule has 2 heterocycles. The van der Waals surface area contributed by atoms with Gasteiger partial charge in [-0.1, -0.05) is 6.07 Å². The Bertz CT molecular complexity index is 465. The van der Waals surface area contributed by atoms with Crippen LogP contribution in [-0.4, -0.2) is 29.7 Å². The highest BCUT2D eigenvalue weighted by molar-refractivity contribution is 7.99. The summed E-state index contributed by atoms with van der Waals surface area (Å²) in [6.07, 6.45) is 0. The summed E-state index contributed by atoms with van der Waals surface area (Å²) >= 11 is 1.59. The maximum Gasteiger partial charge on any atom is 0.321 e. The molecule has 1 fully saturated rings. The number of carboxylic acids is 1. The number of hydrogen-bond donors (Lipinski definition) is 2. The number of nitrogens with one attached hydrogen (secondary N) is 1. The van der Waals surface area contributed by atoms with Crippen LogP contribution in [0.1, 0.15) is 10.9 Å². The molecule has 0 radical (unpaired) electrons. The summed E-state index contributed by atoms with van der Waals surface area (Å²) in [5.74, 6) is 1.24. The van der Waals surface area contributed by atoms with Crippen molar-refractivity contribution in [1.82, 2.24) is 5.32 Å². The quantitative estimate of drug-likeness (QED) is 0.825. The minimum absolute atomic E-state index is 0.00519. The largest absolute Gasteiger partial charge is 0.480 e. The molecule has 2 aliphatic heterocycles. The Morgan fingerprint density at radius 3 is 3.00 bits per heavy atom. The molecule has 3 rings (SSSR count). The predicted molar refractivity (Wildman–Crippen MR) is 62.3 cm³/mol. The molecule has 0 amide bonds. The van der Waals surface area contributed by atoms with Crippen molar-refractivity contribution in [2.45, 2.75) is 11.4 Å². The SMILES string of the molecule is O=C(O)[C@@H]1CSC(c2ccc3c(c2)OCO3)N1. The second-order valence-corrected chi connectivity index (χ2v) is 5.02. The van der Waals surface area contributed by atoms with E-state index in [0.717, 1.165) is 17.1 Å². The number of benzene rings is 1. The molecule has 6 heteroatoms. The van der Waals surface area contributed by atoms with Crippen molar-refractivity contribution in [3.63, 3.8) is 0 Å². The van der Waals surface area contributed by atoms with Crippen molar-refractivity contribution in [1.29, 1.82) is 0 Å². The van der Waals surface area contributed by atoms with Gasteiger partial charge in [0.15, 0.2) is 11.5 Å². The fourth-order valence-corrected chi connectivity index (χ4v) is 3.11. The van der Waals surface area contributed by atoms with Gasteiger partial charge in [-0.3, -0.25) is 10.1 Å². The molecule has 1 saturated heterocycles. The lowest BCUT2D eigenvalue weighted by Gasteiger charge is -2.11. The Hall–Kier alpha value is -1.40. The van der Waals surface area contributed by atoms with E-state index in [1.54, 1.807) is 11.8 Å². The minimum atomic E-state index is -0.805. The first-order valence-electron chi connectivity index (χ1n) is 5.24. The van der Waals surface area contributed by atoms with Gasteiger partial charge in [0.1, 0.15) is 6.04 Å². The van der Waals surface area contributed by atoms with Gasteiger partial charge in [-0.05, 0) is 17.7 Å². The zero-order valence-electron chi connectivity index (χ0n) is 8.88. The van der Waals surface area contributed by atoms with E-state index in [4.69, 9.17) is 14.6 Å². The second-order valence-electron chi connectivity index (χ2n) is 3.88. The number of carboxylic acid groups (broad SMARTS) is 1. The highest BCUT2D eigenvalue weighted by Gasteiger charge is 2.31. The Labute approximate surface area is 102 Å². The summed E-state index contributed by atoms with van der Waals surface area (Å²) in [7, 11) is 0. The van der Waals surface area contributed by atoms with Gasteiger partial charge in [-0.2, -0.15) is 0 Å². The first-order chi connectivity index (χ1) is 8.24. The number of fused-ring (bicyclic) bond motifs is 1. The Morgan fingerprint density at radius 1 is 1.41 bits per heavy atom. The Morgan fingerprint density at radius 2 is 2.24 bits per heavy atom. The van der Waals surface area contributed by atoms with Gasteiger partial charge < -0.3 is 14.6 Å². The number of ether oxygens (including phenoxy) is 2. The zero-order chi connectivity index (χ0) is 11.8. The molecule has 5 nitrogen and oxygen atoms in total. The van der Waals surface area contributed by atoms with Crippen molar-refractivity contribution in [2.24, 2.45) is 0 Å². The van der Waals surface area contributed by atoms with Gasteiger partial charge in [0.25, 0.3) is 0 Å². The average Bonchev–Trinajstić information content (AvgIpc) is 2.97. The van der Waals surface area contributed by atoms with Crippen LogP contribution >= 0.6 is 11.8 Å². The monoisotopic (exact) mass is 253 g/mol. The second kappa shape index (κ2) is 4.12. The highest BCUT2D eigenvalue weighted by atomic mass is 32.2. The molecule has 17 heavy (non-hydrogen) atoms. The van der Waals surface area contributed by atoms with Gasteiger partial charge in [0, 0.05) is 5.75 Å². The Balaban J connectivity index is 1.79. The minimum Gasteiger partial charge on any atom is -0.480 e. The third-order valence-corrected chi connectivity index (χ3v) is 4.05. The average molecular weight is 253 g/mol. The maximum absolute atomic E-state index is 10.8. The van der Waals surface area contributed by atoms with Gasteiger partial charge in [-0.15, -0.1) is 11.8 Å². The van der Waals surface area contributed by atoms with Crippen LogP contribution in [0.4, 0.5) is 0 Å². The fourth-order valence-electron chi connectivity index (χ4n) is 1.88.